The Morgan fingerprint density at radius 3 is 2.74 bits per heavy atom. The van der Waals surface area contributed by atoms with Gasteiger partial charge in [0.25, 0.3) is 0 Å². The van der Waals surface area contributed by atoms with Gasteiger partial charge in [-0.2, -0.15) is 5.10 Å². The van der Waals surface area contributed by atoms with E-state index >= 15 is 0 Å². The van der Waals surface area contributed by atoms with Crippen LogP contribution in [-0.4, -0.2) is 49.0 Å². The third-order valence-electron chi connectivity index (χ3n) is 5.13. The number of aliphatic imine (C=N–C) groups is 1. The van der Waals surface area contributed by atoms with Crippen LogP contribution < -0.4 is 15.5 Å². The molecule has 1 atom stereocenters. The Labute approximate surface area is 162 Å². The molecule has 1 aromatic heterocycles. The molecule has 0 radical (unpaired) electrons. The monoisotopic (exact) mass is 368 g/mol. The van der Waals surface area contributed by atoms with Gasteiger partial charge in [0.05, 0.1) is 5.69 Å². The first-order valence-corrected chi connectivity index (χ1v) is 9.91. The van der Waals surface area contributed by atoms with Crippen molar-refractivity contribution in [3.63, 3.8) is 0 Å². The zero-order chi connectivity index (χ0) is 19.1. The van der Waals surface area contributed by atoms with Gasteiger partial charge in [-0.05, 0) is 50.8 Å². The van der Waals surface area contributed by atoms with Crippen molar-refractivity contribution in [3.8, 4) is 0 Å². The van der Waals surface area contributed by atoms with Gasteiger partial charge in [0.15, 0.2) is 5.96 Å². The van der Waals surface area contributed by atoms with Crippen LogP contribution in [0.5, 0.6) is 0 Å². The number of nitrogens with zero attached hydrogens (tertiary/aromatic N) is 4. The lowest BCUT2D eigenvalue weighted by atomic mass is 10.1. The highest BCUT2D eigenvalue weighted by Crippen LogP contribution is 2.22. The van der Waals surface area contributed by atoms with Crippen LogP contribution in [0.3, 0.4) is 0 Å². The lowest BCUT2D eigenvalue weighted by Crippen LogP contribution is -2.40. The van der Waals surface area contributed by atoms with E-state index in [9.17, 15) is 0 Å². The van der Waals surface area contributed by atoms with E-state index in [0.29, 0.717) is 5.92 Å². The summed E-state index contributed by atoms with van der Waals surface area (Å²) < 4.78 is 2.07. The number of anilines is 1. The number of aromatic nitrogens is 2. The quantitative estimate of drug-likeness (QED) is 0.448. The zero-order valence-corrected chi connectivity index (χ0v) is 16.8. The molecule has 146 valence electrons. The highest BCUT2D eigenvalue weighted by molar-refractivity contribution is 5.79. The number of aryl methyl sites for hydroxylation is 3. The molecule has 0 spiro atoms. The van der Waals surface area contributed by atoms with Crippen molar-refractivity contribution in [3.05, 3.63) is 47.8 Å². The van der Waals surface area contributed by atoms with E-state index in [-0.39, 0.29) is 0 Å². The van der Waals surface area contributed by atoms with Gasteiger partial charge in [0.1, 0.15) is 0 Å². The van der Waals surface area contributed by atoms with Crippen molar-refractivity contribution in [2.45, 2.75) is 33.2 Å². The Balaban J connectivity index is 1.35. The molecular weight excluding hydrogens is 336 g/mol. The number of benzene rings is 1. The molecule has 3 rings (SSSR count). The van der Waals surface area contributed by atoms with E-state index in [1.54, 1.807) is 0 Å². The smallest absolute Gasteiger partial charge is 0.190 e. The summed E-state index contributed by atoms with van der Waals surface area (Å²) >= 11 is 0. The normalized spacial score (nSPS) is 17.4. The second kappa shape index (κ2) is 9.44. The van der Waals surface area contributed by atoms with Crippen LogP contribution in [0.25, 0.3) is 0 Å². The molecule has 1 saturated heterocycles. The van der Waals surface area contributed by atoms with Crippen molar-refractivity contribution in [2.24, 2.45) is 10.9 Å². The molecule has 0 saturated carbocycles. The van der Waals surface area contributed by atoms with Crippen molar-refractivity contribution in [2.75, 3.05) is 38.1 Å². The SMILES string of the molecule is CN=C(NCCCn1nc(C)cc1C)NCC1CCN(c2ccccc2)C1. The zero-order valence-electron chi connectivity index (χ0n) is 16.8. The summed E-state index contributed by atoms with van der Waals surface area (Å²) in [5.41, 5.74) is 3.63. The van der Waals surface area contributed by atoms with Gasteiger partial charge in [0, 0.05) is 51.2 Å². The maximum atomic E-state index is 4.51. The van der Waals surface area contributed by atoms with Crippen LogP contribution in [0, 0.1) is 19.8 Å². The summed E-state index contributed by atoms with van der Waals surface area (Å²) in [6.07, 6.45) is 2.24. The molecule has 1 aliphatic heterocycles. The van der Waals surface area contributed by atoms with E-state index in [4.69, 9.17) is 0 Å². The minimum absolute atomic E-state index is 0.651. The molecule has 1 aliphatic rings. The van der Waals surface area contributed by atoms with E-state index in [1.165, 1.54) is 17.8 Å². The Morgan fingerprint density at radius 2 is 2.04 bits per heavy atom. The predicted octanol–water partition coefficient (Wildman–Crippen LogP) is 2.58. The summed E-state index contributed by atoms with van der Waals surface area (Å²) in [5.74, 6) is 1.54. The van der Waals surface area contributed by atoms with Gasteiger partial charge in [-0.1, -0.05) is 18.2 Å². The molecule has 1 unspecified atom stereocenters. The molecular formula is C21H32N6. The maximum Gasteiger partial charge on any atom is 0.190 e. The van der Waals surface area contributed by atoms with Crippen molar-refractivity contribution in [1.29, 1.82) is 0 Å². The maximum absolute atomic E-state index is 4.51. The average Bonchev–Trinajstić information content (AvgIpc) is 3.28. The van der Waals surface area contributed by atoms with Gasteiger partial charge in [0.2, 0.25) is 0 Å². The Bertz CT molecular complexity index is 736. The number of nitrogens with one attached hydrogen (secondary N) is 2. The van der Waals surface area contributed by atoms with E-state index in [2.05, 4.69) is 73.6 Å². The van der Waals surface area contributed by atoms with Crippen molar-refractivity contribution >= 4 is 11.6 Å². The Morgan fingerprint density at radius 1 is 1.22 bits per heavy atom. The minimum Gasteiger partial charge on any atom is -0.371 e. The lowest BCUT2D eigenvalue weighted by molar-refractivity contribution is 0.545. The van der Waals surface area contributed by atoms with E-state index in [0.717, 1.165) is 50.8 Å². The van der Waals surface area contributed by atoms with Crippen LogP contribution in [0.15, 0.2) is 41.4 Å². The number of hydrogen-bond acceptors (Lipinski definition) is 3. The third-order valence-corrected chi connectivity index (χ3v) is 5.13. The molecule has 27 heavy (non-hydrogen) atoms. The number of hydrogen-bond donors (Lipinski definition) is 2. The summed E-state index contributed by atoms with van der Waals surface area (Å²) in [7, 11) is 1.83. The molecule has 6 heteroatoms. The largest absolute Gasteiger partial charge is 0.371 e. The van der Waals surface area contributed by atoms with Gasteiger partial charge in [-0.3, -0.25) is 9.67 Å². The number of para-hydroxylation sites is 1. The lowest BCUT2D eigenvalue weighted by Gasteiger charge is -2.19. The topological polar surface area (TPSA) is 57.5 Å². The Kier molecular flexibility index (Phi) is 6.74. The minimum atomic E-state index is 0.651. The fourth-order valence-corrected chi connectivity index (χ4v) is 3.67. The molecule has 0 amide bonds. The van der Waals surface area contributed by atoms with Crippen LogP contribution >= 0.6 is 0 Å². The van der Waals surface area contributed by atoms with Gasteiger partial charge < -0.3 is 15.5 Å². The molecule has 0 aliphatic carbocycles. The van der Waals surface area contributed by atoms with Gasteiger partial charge in [-0.25, -0.2) is 0 Å². The van der Waals surface area contributed by atoms with Gasteiger partial charge in [-0.15, -0.1) is 0 Å². The first-order chi connectivity index (χ1) is 13.2. The first-order valence-electron chi connectivity index (χ1n) is 9.91. The fourth-order valence-electron chi connectivity index (χ4n) is 3.67. The molecule has 2 N–H and O–H groups in total. The van der Waals surface area contributed by atoms with E-state index < -0.39 is 0 Å². The molecule has 2 aromatic rings. The Hall–Kier alpha value is -2.50. The van der Waals surface area contributed by atoms with Crippen molar-refractivity contribution in [1.82, 2.24) is 20.4 Å². The second-order valence-corrected chi connectivity index (χ2v) is 7.32. The number of guanidine groups is 1. The van der Waals surface area contributed by atoms with E-state index in [1.807, 2.05) is 14.0 Å². The standard InChI is InChI=1S/C21H32N6/c1-17-14-18(2)27(25-17)12-7-11-23-21(22-3)24-15-19-10-13-26(16-19)20-8-5-4-6-9-20/h4-6,8-9,14,19H,7,10-13,15-16H2,1-3H3,(H2,22,23,24). The summed E-state index contributed by atoms with van der Waals surface area (Å²) in [6.45, 7) is 9.15. The number of rotatable bonds is 7. The first kappa shape index (κ1) is 19.3. The summed E-state index contributed by atoms with van der Waals surface area (Å²) in [6, 6.07) is 12.8. The average molecular weight is 369 g/mol. The third kappa shape index (κ3) is 5.49. The molecule has 1 aromatic carbocycles. The van der Waals surface area contributed by atoms with Crippen LogP contribution in [0.1, 0.15) is 24.2 Å². The fraction of sp³-hybridized carbons (Fsp3) is 0.524. The van der Waals surface area contributed by atoms with Crippen LogP contribution in [0.4, 0.5) is 5.69 Å². The molecule has 0 bridgehead atoms. The van der Waals surface area contributed by atoms with Crippen LogP contribution in [0.2, 0.25) is 0 Å². The highest BCUT2D eigenvalue weighted by atomic mass is 15.3. The highest BCUT2D eigenvalue weighted by Gasteiger charge is 2.22. The van der Waals surface area contributed by atoms with Crippen LogP contribution in [-0.2, 0) is 6.54 Å². The molecule has 1 fully saturated rings. The second-order valence-electron chi connectivity index (χ2n) is 7.32. The van der Waals surface area contributed by atoms with Gasteiger partial charge >= 0.3 is 0 Å². The molecule has 6 nitrogen and oxygen atoms in total. The summed E-state index contributed by atoms with van der Waals surface area (Å²) in [5, 5.41) is 11.4. The van der Waals surface area contributed by atoms with Crippen molar-refractivity contribution < 1.29 is 0 Å². The summed E-state index contributed by atoms with van der Waals surface area (Å²) in [4.78, 5) is 6.82. The predicted molar refractivity (Wildman–Crippen MR) is 112 cm³/mol. The molecule has 2 heterocycles.